The molecule has 0 aromatic heterocycles. The maximum Gasteiger partial charge on any atom is 0.407 e. The Bertz CT molecular complexity index is 746. The van der Waals surface area contributed by atoms with Crippen LogP contribution in [0.25, 0.3) is 0 Å². The average molecular weight is 461 g/mol. The maximum absolute atomic E-state index is 11.5. The zero-order valence-electron chi connectivity index (χ0n) is 19.0. The summed E-state index contributed by atoms with van der Waals surface area (Å²) in [4.78, 5) is 14.1. The van der Waals surface area contributed by atoms with Gasteiger partial charge >= 0.3 is 6.09 Å². The summed E-state index contributed by atoms with van der Waals surface area (Å²) in [6, 6.07) is 19.3. The van der Waals surface area contributed by atoms with Gasteiger partial charge in [0, 0.05) is 28.6 Å². The summed E-state index contributed by atoms with van der Waals surface area (Å²) in [7, 11) is 0. The molecule has 0 aliphatic rings. The molecule has 0 bridgehead atoms. The molecule has 6 heteroatoms. The first-order valence-electron chi connectivity index (χ1n) is 11.1. The SMILES string of the molecule is CC(C)(C)OC(=O)NCCCCCCCNSc1ccc(SCc2ccccc2)cc1. The number of benzene rings is 2. The van der Waals surface area contributed by atoms with Gasteiger partial charge in [0.2, 0.25) is 0 Å². The Morgan fingerprint density at radius 2 is 1.45 bits per heavy atom. The second-order valence-corrected chi connectivity index (χ2v) is 10.5. The van der Waals surface area contributed by atoms with E-state index in [0.29, 0.717) is 6.54 Å². The van der Waals surface area contributed by atoms with E-state index in [4.69, 9.17) is 4.74 Å². The fraction of sp³-hybridized carbons (Fsp3) is 0.480. The first kappa shape index (κ1) is 25.6. The molecule has 0 aliphatic heterocycles. The number of hydrogen-bond acceptors (Lipinski definition) is 5. The van der Waals surface area contributed by atoms with Crippen LogP contribution in [0.5, 0.6) is 0 Å². The zero-order chi connectivity index (χ0) is 22.4. The van der Waals surface area contributed by atoms with Crippen LogP contribution in [0.15, 0.2) is 64.4 Å². The Hall–Kier alpha value is -1.63. The molecule has 0 saturated carbocycles. The van der Waals surface area contributed by atoms with E-state index < -0.39 is 5.60 Å². The Morgan fingerprint density at radius 3 is 2.13 bits per heavy atom. The van der Waals surface area contributed by atoms with E-state index in [0.717, 1.165) is 31.6 Å². The molecule has 31 heavy (non-hydrogen) atoms. The van der Waals surface area contributed by atoms with Crippen LogP contribution in [0.2, 0.25) is 0 Å². The Morgan fingerprint density at radius 1 is 0.839 bits per heavy atom. The average Bonchev–Trinajstić information content (AvgIpc) is 2.74. The number of ether oxygens (including phenoxy) is 1. The second-order valence-electron chi connectivity index (χ2n) is 8.44. The smallest absolute Gasteiger partial charge is 0.407 e. The number of alkyl carbamates (subject to hydrolysis) is 1. The standard InChI is InChI=1S/C25H36N2O2S2/c1-25(2,3)29-24(28)26-18-10-5-4-6-11-19-27-31-23-16-14-22(15-17-23)30-20-21-12-8-7-9-13-21/h7-9,12-17,27H,4-6,10-11,18-20H2,1-3H3,(H,26,28). The highest BCUT2D eigenvalue weighted by Gasteiger charge is 2.15. The number of thioether (sulfide) groups is 1. The van der Waals surface area contributed by atoms with Gasteiger partial charge in [-0.15, -0.1) is 11.8 Å². The summed E-state index contributed by atoms with van der Waals surface area (Å²) < 4.78 is 8.68. The van der Waals surface area contributed by atoms with Crippen molar-refractivity contribution in [2.75, 3.05) is 13.1 Å². The first-order chi connectivity index (χ1) is 14.9. The largest absolute Gasteiger partial charge is 0.444 e. The van der Waals surface area contributed by atoms with Crippen molar-refractivity contribution in [3.63, 3.8) is 0 Å². The van der Waals surface area contributed by atoms with Crippen molar-refractivity contribution in [2.45, 2.75) is 74.0 Å². The van der Waals surface area contributed by atoms with Crippen LogP contribution in [-0.4, -0.2) is 24.8 Å². The van der Waals surface area contributed by atoms with Gasteiger partial charge in [-0.1, -0.05) is 49.6 Å². The van der Waals surface area contributed by atoms with Crippen molar-refractivity contribution in [1.82, 2.24) is 10.0 Å². The number of hydrogen-bond donors (Lipinski definition) is 2. The van der Waals surface area contributed by atoms with Crippen LogP contribution in [0, 0.1) is 0 Å². The number of rotatable bonds is 13. The molecule has 0 heterocycles. The van der Waals surface area contributed by atoms with Gasteiger partial charge in [0.1, 0.15) is 5.60 Å². The molecular formula is C25H36N2O2S2. The molecular weight excluding hydrogens is 424 g/mol. The molecule has 2 aromatic carbocycles. The molecule has 2 N–H and O–H groups in total. The highest BCUT2D eigenvalue weighted by atomic mass is 32.2. The number of carbonyl (C=O) groups is 1. The Kier molecular flexibility index (Phi) is 11.9. The molecule has 4 nitrogen and oxygen atoms in total. The molecule has 0 radical (unpaired) electrons. The summed E-state index contributed by atoms with van der Waals surface area (Å²) in [5.41, 5.74) is 0.922. The predicted molar refractivity (Wildman–Crippen MR) is 134 cm³/mol. The lowest BCUT2D eigenvalue weighted by Crippen LogP contribution is -2.32. The van der Waals surface area contributed by atoms with E-state index in [1.807, 2.05) is 32.5 Å². The monoisotopic (exact) mass is 460 g/mol. The lowest BCUT2D eigenvalue weighted by atomic mass is 10.1. The Balaban J connectivity index is 1.44. The third-order valence-corrected chi connectivity index (χ3v) is 6.33. The summed E-state index contributed by atoms with van der Waals surface area (Å²) in [5, 5.41) is 2.81. The van der Waals surface area contributed by atoms with E-state index >= 15 is 0 Å². The fourth-order valence-electron chi connectivity index (χ4n) is 2.84. The minimum Gasteiger partial charge on any atom is -0.444 e. The van der Waals surface area contributed by atoms with Crippen LogP contribution in [0.3, 0.4) is 0 Å². The van der Waals surface area contributed by atoms with Crippen LogP contribution < -0.4 is 10.0 Å². The van der Waals surface area contributed by atoms with Crippen LogP contribution in [0.1, 0.15) is 58.4 Å². The van der Waals surface area contributed by atoms with Gasteiger partial charge in [-0.2, -0.15) is 0 Å². The van der Waals surface area contributed by atoms with Crippen LogP contribution in [0.4, 0.5) is 4.79 Å². The molecule has 0 fully saturated rings. The van der Waals surface area contributed by atoms with Crippen molar-refractivity contribution in [3.8, 4) is 0 Å². The van der Waals surface area contributed by atoms with Gasteiger partial charge in [-0.25, -0.2) is 4.79 Å². The number of amides is 1. The molecule has 1 amide bonds. The highest BCUT2D eigenvalue weighted by Crippen LogP contribution is 2.25. The van der Waals surface area contributed by atoms with Crippen molar-refractivity contribution >= 4 is 29.8 Å². The minimum atomic E-state index is -0.432. The zero-order valence-corrected chi connectivity index (χ0v) is 20.6. The van der Waals surface area contributed by atoms with Crippen molar-refractivity contribution < 1.29 is 9.53 Å². The normalized spacial score (nSPS) is 11.3. The van der Waals surface area contributed by atoms with Crippen molar-refractivity contribution in [2.24, 2.45) is 0 Å². The predicted octanol–water partition coefficient (Wildman–Crippen LogP) is 7.05. The van der Waals surface area contributed by atoms with E-state index in [2.05, 4.69) is 64.6 Å². The third kappa shape index (κ3) is 12.7. The van der Waals surface area contributed by atoms with Crippen LogP contribution in [-0.2, 0) is 10.5 Å². The number of carbonyl (C=O) groups excluding carboxylic acids is 1. The van der Waals surface area contributed by atoms with Gasteiger partial charge < -0.3 is 10.1 Å². The van der Waals surface area contributed by atoms with Crippen molar-refractivity contribution in [1.29, 1.82) is 0 Å². The fourth-order valence-corrected chi connectivity index (χ4v) is 4.38. The molecule has 0 aliphatic carbocycles. The molecule has 0 spiro atoms. The van der Waals surface area contributed by atoms with Gasteiger partial charge in [0.05, 0.1) is 0 Å². The maximum atomic E-state index is 11.5. The molecule has 0 unspecified atom stereocenters. The summed E-state index contributed by atoms with van der Waals surface area (Å²) in [5.74, 6) is 1.00. The van der Waals surface area contributed by atoms with Gasteiger partial charge in [0.25, 0.3) is 0 Å². The topological polar surface area (TPSA) is 50.4 Å². The molecule has 2 aromatic rings. The Labute approximate surface area is 196 Å². The summed E-state index contributed by atoms with van der Waals surface area (Å²) >= 11 is 3.57. The quantitative estimate of drug-likeness (QED) is 0.190. The highest BCUT2D eigenvalue weighted by molar-refractivity contribution is 7.98. The first-order valence-corrected chi connectivity index (χ1v) is 12.9. The van der Waals surface area contributed by atoms with Gasteiger partial charge in [-0.05, 0) is 75.4 Å². The molecule has 2 rings (SSSR count). The summed E-state index contributed by atoms with van der Waals surface area (Å²) in [6.45, 7) is 7.31. The van der Waals surface area contributed by atoms with E-state index in [-0.39, 0.29) is 6.09 Å². The molecule has 170 valence electrons. The van der Waals surface area contributed by atoms with Gasteiger partial charge in [0.15, 0.2) is 0 Å². The van der Waals surface area contributed by atoms with E-state index in [9.17, 15) is 4.79 Å². The molecule has 0 saturated heterocycles. The minimum absolute atomic E-state index is 0.323. The lowest BCUT2D eigenvalue weighted by molar-refractivity contribution is 0.0527. The third-order valence-electron chi connectivity index (χ3n) is 4.39. The molecule has 0 atom stereocenters. The number of nitrogens with one attached hydrogen (secondary N) is 2. The number of unbranched alkanes of at least 4 members (excludes halogenated alkanes) is 4. The second kappa shape index (κ2) is 14.4. The van der Waals surface area contributed by atoms with E-state index in [1.165, 1.54) is 28.2 Å². The lowest BCUT2D eigenvalue weighted by Gasteiger charge is -2.19. The van der Waals surface area contributed by atoms with Crippen molar-refractivity contribution in [3.05, 3.63) is 60.2 Å². The van der Waals surface area contributed by atoms with Crippen LogP contribution >= 0.6 is 23.7 Å². The summed E-state index contributed by atoms with van der Waals surface area (Å²) in [6.07, 6.45) is 5.36. The van der Waals surface area contributed by atoms with E-state index in [1.54, 1.807) is 11.9 Å². The van der Waals surface area contributed by atoms with Gasteiger partial charge in [-0.3, -0.25) is 4.72 Å².